The quantitative estimate of drug-likeness (QED) is 0.0727. The first-order valence-electron chi connectivity index (χ1n) is 20.5. The lowest BCUT2D eigenvalue weighted by molar-refractivity contribution is -0.141. The summed E-state index contributed by atoms with van der Waals surface area (Å²) in [5.74, 6) is -4.50. The molecular formula is C40H58N10O7S2. The third kappa shape index (κ3) is 13.1. The van der Waals surface area contributed by atoms with Gasteiger partial charge in [0.25, 0.3) is 0 Å². The maximum Gasteiger partial charge on any atom is 0.246 e. The van der Waals surface area contributed by atoms with E-state index in [1.165, 1.54) is 33.4 Å². The van der Waals surface area contributed by atoms with Crippen molar-refractivity contribution in [1.82, 2.24) is 31.2 Å². The number of hydrogen-bond donors (Lipinski definition) is 8. The summed E-state index contributed by atoms with van der Waals surface area (Å²) >= 11 is 0. The maximum absolute atomic E-state index is 14.6. The topological polar surface area (TPSA) is 277 Å². The molecule has 11 N–H and O–H groups in total. The number of para-hydroxylation sites is 1. The number of rotatable bonds is 10. The van der Waals surface area contributed by atoms with Crippen molar-refractivity contribution in [2.24, 2.45) is 34.0 Å². The molecule has 0 unspecified atom stereocenters. The number of guanidine groups is 1. The van der Waals surface area contributed by atoms with Gasteiger partial charge in [0.1, 0.15) is 24.2 Å². The number of carbonyl (C=O) groups excluding carboxylic acids is 7. The summed E-state index contributed by atoms with van der Waals surface area (Å²) in [4.78, 5) is 105. The molecule has 59 heavy (non-hydrogen) atoms. The minimum atomic E-state index is -1.16. The van der Waals surface area contributed by atoms with E-state index in [1.807, 2.05) is 24.3 Å². The number of carbonyl (C=O) groups is 7. The fourth-order valence-electron chi connectivity index (χ4n) is 8.19. The number of nitrogens with one attached hydrogen (secondary N) is 5. The second-order valence-electron chi connectivity index (χ2n) is 15.7. The van der Waals surface area contributed by atoms with E-state index < -0.39 is 71.6 Å². The van der Waals surface area contributed by atoms with Crippen molar-refractivity contribution in [1.29, 1.82) is 0 Å². The average molecular weight is 855 g/mol. The van der Waals surface area contributed by atoms with Gasteiger partial charge in [-0.15, -0.1) is 0 Å². The molecule has 6 amide bonds. The zero-order valence-corrected chi connectivity index (χ0v) is 35.2. The molecule has 3 fully saturated rings. The van der Waals surface area contributed by atoms with E-state index in [0.29, 0.717) is 32.2 Å². The van der Waals surface area contributed by atoms with Crippen LogP contribution in [0.5, 0.6) is 0 Å². The number of benzene rings is 1. The Bertz CT molecular complexity index is 1860. The molecule has 1 aromatic heterocycles. The van der Waals surface area contributed by atoms with Crippen molar-refractivity contribution in [3.05, 3.63) is 36.0 Å². The van der Waals surface area contributed by atoms with Crippen molar-refractivity contribution in [3.63, 3.8) is 0 Å². The van der Waals surface area contributed by atoms with Crippen LogP contribution in [0, 0.1) is 11.8 Å². The van der Waals surface area contributed by atoms with Gasteiger partial charge in [-0.1, -0.05) is 71.9 Å². The monoisotopic (exact) mass is 854 g/mol. The maximum atomic E-state index is 14.6. The number of nitrogens with two attached hydrogens (primary N) is 3. The molecule has 322 valence electrons. The smallest absolute Gasteiger partial charge is 0.246 e. The molecule has 17 nitrogen and oxygen atoms in total. The predicted octanol–water partition coefficient (Wildman–Crippen LogP) is 1.14. The van der Waals surface area contributed by atoms with Crippen LogP contribution in [0.2, 0.25) is 0 Å². The molecular weight excluding hydrogens is 797 g/mol. The van der Waals surface area contributed by atoms with Gasteiger partial charge in [-0.05, 0) is 56.1 Å². The van der Waals surface area contributed by atoms with Crippen LogP contribution in [0.15, 0.2) is 35.5 Å². The number of H-pyrrole nitrogens is 1. The second kappa shape index (κ2) is 22.0. The van der Waals surface area contributed by atoms with Gasteiger partial charge >= 0.3 is 0 Å². The normalized spacial score (nSPS) is 26.0. The number of amides is 6. The van der Waals surface area contributed by atoms with Crippen LogP contribution in [0.3, 0.4) is 0 Å². The van der Waals surface area contributed by atoms with Crippen molar-refractivity contribution in [2.45, 2.75) is 114 Å². The Morgan fingerprint density at radius 1 is 0.881 bits per heavy atom. The molecule has 19 heteroatoms. The molecule has 2 saturated heterocycles. The third-order valence-electron chi connectivity index (χ3n) is 11.3. The molecule has 2 aromatic rings. The highest BCUT2D eigenvalue weighted by atomic mass is 33.1. The summed E-state index contributed by atoms with van der Waals surface area (Å²) < 4.78 is 0. The van der Waals surface area contributed by atoms with Gasteiger partial charge in [0.2, 0.25) is 35.4 Å². The van der Waals surface area contributed by atoms with Crippen molar-refractivity contribution < 1.29 is 33.6 Å². The van der Waals surface area contributed by atoms with E-state index in [9.17, 15) is 33.6 Å². The Kier molecular flexibility index (Phi) is 16.9. The van der Waals surface area contributed by atoms with E-state index in [2.05, 4.69) is 31.2 Å². The third-order valence-corrected chi connectivity index (χ3v) is 13.7. The molecule has 1 saturated carbocycles. The van der Waals surface area contributed by atoms with Crippen LogP contribution in [-0.4, -0.2) is 112 Å². The first-order chi connectivity index (χ1) is 28.3. The molecule has 2 aliphatic heterocycles. The Balaban J connectivity index is 1.51. The second-order valence-corrected chi connectivity index (χ2v) is 18.3. The highest BCUT2D eigenvalue weighted by Gasteiger charge is 2.40. The van der Waals surface area contributed by atoms with Gasteiger partial charge < -0.3 is 48.4 Å². The van der Waals surface area contributed by atoms with Crippen molar-refractivity contribution in [3.8, 4) is 0 Å². The molecule has 1 aliphatic carbocycles. The summed E-state index contributed by atoms with van der Waals surface area (Å²) in [6.07, 6.45) is 8.34. The van der Waals surface area contributed by atoms with Crippen LogP contribution in [-0.2, 0) is 40.0 Å². The van der Waals surface area contributed by atoms with Crippen molar-refractivity contribution >= 4 is 79.7 Å². The number of hydrogen-bond acceptors (Lipinski definition) is 10. The summed E-state index contributed by atoms with van der Waals surface area (Å²) in [5, 5.41) is 12.2. The highest BCUT2D eigenvalue weighted by molar-refractivity contribution is 8.76. The molecule has 1 aromatic carbocycles. The number of primary amides is 1. The summed E-state index contributed by atoms with van der Waals surface area (Å²) in [6.45, 7) is 1.76. The number of Topliss-reactive ketones (excluding diaryl/α,β-unsaturated/α-hetero) is 1. The molecule has 0 radical (unpaired) electrons. The van der Waals surface area contributed by atoms with E-state index in [-0.39, 0.29) is 55.0 Å². The van der Waals surface area contributed by atoms with Gasteiger partial charge in [0.05, 0.1) is 6.04 Å². The van der Waals surface area contributed by atoms with Crippen LogP contribution in [0.4, 0.5) is 0 Å². The summed E-state index contributed by atoms with van der Waals surface area (Å²) in [6, 6.07) is 2.51. The number of aromatic nitrogens is 1. The Hall–Kier alpha value is -4.78. The van der Waals surface area contributed by atoms with E-state index in [0.717, 1.165) is 48.6 Å². The van der Waals surface area contributed by atoms with Gasteiger partial charge in [0, 0.05) is 61.0 Å². The van der Waals surface area contributed by atoms with Crippen LogP contribution in [0.25, 0.3) is 10.9 Å². The fraction of sp³-hybridized carbons (Fsp3) is 0.600. The highest BCUT2D eigenvalue weighted by Crippen LogP contribution is 2.30. The lowest BCUT2D eigenvalue weighted by Crippen LogP contribution is -2.56. The van der Waals surface area contributed by atoms with Crippen molar-refractivity contribution in [2.75, 3.05) is 24.6 Å². The average Bonchev–Trinajstić information content (AvgIpc) is 3.86. The van der Waals surface area contributed by atoms with E-state index >= 15 is 0 Å². The van der Waals surface area contributed by atoms with Gasteiger partial charge in [-0.2, -0.15) is 0 Å². The zero-order valence-electron chi connectivity index (χ0n) is 33.5. The molecule has 3 aliphatic rings. The lowest BCUT2D eigenvalue weighted by atomic mass is 9.82. The summed E-state index contributed by atoms with van der Waals surface area (Å²) in [5.41, 5.74) is 18.4. The van der Waals surface area contributed by atoms with Gasteiger partial charge in [-0.3, -0.25) is 38.6 Å². The van der Waals surface area contributed by atoms with E-state index in [4.69, 9.17) is 17.2 Å². The van der Waals surface area contributed by atoms with Gasteiger partial charge in [-0.25, -0.2) is 0 Å². The minimum Gasteiger partial charge on any atom is -0.370 e. The Labute approximate surface area is 352 Å². The number of fused-ring (bicyclic) bond motifs is 2. The zero-order chi connectivity index (χ0) is 42.5. The van der Waals surface area contributed by atoms with Crippen LogP contribution in [0.1, 0.15) is 83.1 Å². The number of aromatic amines is 1. The van der Waals surface area contributed by atoms with Gasteiger partial charge in [0.15, 0.2) is 11.7 Å². The SMILES string of the molecule is CC(=O)N[C@H]1CSSC[C@@H](C(N)=O)NC(=O)[C@H](CCCN=C(N)N)NC(=O)[C@H](Cc2c[nH]c3ccccc23)CC(=O)[C@@H](CC2CCCCC2)NC(=O)[C@@H]2CCCN2C1=O. The minimum absolute atomic E-state index is 0.0101. The first-order valence-corrected chi connectivity index (χ1v) is 22.9. The largest absolute Gasteiger partial charge is 0.370 e. The molecule has 0 bridgehead atoms. The fourth-order valence-corrected chi connectivity index (χ4v) is 10.5. The standard InChI is InChI=1S/C40H58N10O7S2/c1-23(51)46-32-22-59-58-21-31(35(41)53)49-37(55)29(13-7-15-44-40(42)43)47-36(54)25(18-26-20-45-28-12-6-5-11-27(26)28)19-34(52)30(17-24-9-3-2-4-10-24)48-38(56)33-14-8-16-50(33)39(32)57/h5-6,11-12,20,24-25,29-33,45H,2-4,7-10,13-19,21-22H2,1H3,(H2,41,53)(H,46,51)(H,47,54)(H,48,56)(H,49,55)(H4,42,43,44)/t25-,29+,30-,31+,32+,33+/m1/s1. The number of aliphatic imine (C=N–C) groups is 1. The summed E-state index contributed by atoms with van der Waals surface area (Å²) in [7, 11) is 2.37. The van der Waals surface area contributed by atoms with Crippen LogP contribution < -0.4 is 38.5 Å². The van der Waals surface area contributed by atoms with Crippen LogP contribution >= 0.6 is 21.6 Å². The molecule has 6 atom stereocenters. The predicted molar refractivity (Wildman–Crippen MR) is 228 cm³/mol. The number of nitrogens with zero attached hydrogens (tertiary/aromatic N) is 2. The number of ketones is 1. The Morgan fingerprint density at radius 2 is 1.61 bits per heavy atom. The van der Waals surface area contributed by atoms with E-state index in [1.54, 1.807) is 6.20 Å². The lowest BCUT2D eigenvalue weighted by Gasteiger charge is -2.31. The Morgan fingerprint density at radius 3 is 2.34 bits per heavy atom. The molecule has 3 heterocycles. The molecule has 5 rings (SSSR count). The first kappa shape index (κ1) is 45.3. The molecule has 0 spiro atoms.